The SMILES string of the molecule is CC[C@@H](C)[C@H](OC(=O)[C@@H](N(C)C(=O)[C@H](CC(C)C)NC(=O)[C@H](C(C)C)N(C)C(=O)[C@H](CCC(=O)OCc1ccccc1)NC(=O)OC(C)(C)C)C(C)(C)O)C(=O)N(C)[C@H](C(=O)N[C@@H](Cc1ccccc1)C(=O)N(C)[C@@H](Cc1ccccc1)C(=O)N1CCC[C@H]1C(=O)OCC(=O)c1ccccc1)C(C)C. The van der Waals surface area contributed by atoms with Gasteiger partial charge >= 0.3 is 24.0 Å². The third-order valence-corrected chi connectivity index (χ3v) is 18.3. The van der Waals surface area contributed by atoms with Crippen molar-refractivity contribution in [3.05, 3.63) is 144 Å². The Bertz CT molecular complexity index is 3550. The molecule has 0 bridgehead atoms. The molecule has 1 saturated heterocycles. The summed E-state index contributed by atoms with van der Waals surface area (Å²) in [5.41, 5.74) is -0.628. The summed E-state index contributed by atoms with van der Waals surface area (Å²) in [6.45, 7) is 20.7. The molecule has 0 saturated carbocycles. The van der Waals surface area contributed by atoms with E-state index in [4.69, 9.17) is 18.9 Å². The monoisotopic (exact) mass is 1440 g/mol. The molecule has 0 aromatic heterocycles. The van der Waals surface area contributed by atoms with Gasteiger partial charge in [0.1, 0.15) is 54.5 Å². The van der Waals surface area contributed by atoms with Crippen molar-refractivity contribution in [2.24, 2.45) is 23.7 Å². The number of nitrogens with one attached hydrogen (secondary N) is 3. The molecular formula is C79H110N8O17. The summed E-state index contributed by atoms with van der Waals surface area (Å²) in [7, 11) is 5.40. The molecule has 1 aliphatic heterocycles. The van der Waals surface area contributed by atoms with Crippen molar-refractivity contribution < 1.29 is 81.6 Å². The third-order valence-electron chi connectivity index (χ3n) is 18.3. The maximum absolute atomic E-state index is 15.3. The molecule has 104 heavy (non-hydrogen) atoms. The summed E-state index contributed by atoms with van der Waals surface area (Å²) in [6, 6.07) is 24.3. The van der Waals surface area contributed by atoms with Gasteiger partial charge in [0.15, 0.2) is 24.5 Å². The Balaban J connectivity index is 1.39. The normalized spacial score (nSPS) is 15.7. The highest BCUT2D eigenvalue weighted by atomic mass is 16.6. The number of rotatable bonds is 36. The van der Waals surface area contributed by atoms with E-state index >= 15 is 24.0 Å². The first-order valence-corrected chi connectivity index (χ1v) is 35.8. The highest BCUT2D eigenvalue weighted by molar-refractivity contribution is 6.00. The number of hydrogen-bond donors (Lipinski definition) is 4. The fourth-order valence-corrected chi connectivity index (χ4v) is 12.7. The fourth-order valence-electron chi connectivity index (χ4n) is 12.7. The number of nitrogens with zero attached hydrogens (tertiary/aromatic N) is 5. The zero-order chi connectivity index (χ0) is 77.5. The van der Waals surface area contributed by atoms with E-state index in [0.717, 1.165) is 20.3 Å². The standard InChI is InChI=1S/C79H110N8O17/c1-18-52(8)66(103-76(98)67(79(12,13)100)86(17)72(94)58(44-49(2)3)80-68(90)64(50(4)5)84(15)70(92)57(82-77(99)104-78(9,10)11)41-42-63(89)101-47-55-36-27-21-28-37-55)74(96)85(16)65(51(6)7)69(91)81-59(45-53-32-23-19-24-33-53)71(93)83(14)61(46-54-34-25-20-26-35-54)73(95)87-43-31-40-60(87)75(97)102-48-62(88)56-38-29-22-30-39-56/h19-30,32-39,49-52,57-61,64-67,100H,18,31,40-48H2,1-17H3,(H,80,90)(H,81,91)(H,82,99)/t52-,57+,58+,59+,60+,61+,64+,65+,66+,67-/m1/s1. The zero-order valence-electron chi connectivity index (χ0n) is 63.5. The van der Waals surface area contributed by atoms with E-state index in [-0.39, 0.29) is 64.0 Å². The van der Waals surface area contributed by atoms with Gasteiger partial charge in [-0.2, -0.15) is 0 Å². The minimum atomic E-state index is -2.08. The molecule has 10 atom stereocenters. The number of ether oxygens (including phenoxy) is 4. The van der Waals surface area contributed by atoms with Crippen molar-refractivity contribution >= 4 is 71.1 Å². The van der Waals surface area contributed by atoms with E-state index in [1.165, 1.54) is 51.8 Å². The molecule has 0 unspecified atom stereocenters. The van der Waals surface area contributed by atoms with E-state index in [9.17, 15) is 38.7 Å². The Labute approximate surface area is 612 Å². The Kier molecular flexibility index (Phi) is 32.2. The number of aliphatic hydroxyl groups is 1. The fraction of sp³-hybridized carbons (Fsp3) is 0.544. The number of alkyl carbamates (subject to hydrolysis) is 1. The van der Waals surface area contributed by atoms with Crippen LogP contribution in [0, 0.1) is 23.7 Å². The summed E-state index contributed by atoms with van der Waals surface area (Å²) in [4.78, 5) is 179. The van der Waals surface area contributed by atoms with E-state index < -0.39 is 161 Å². The second-order valence-corrected chi connectivity index (χ2v) is 29.6. The molecule has 4 N–H and O–H groups in total. The first kappa shape index (κ1) is 85.1. The molecule has 1 fully saturated rings. The molecule has 1 aliphatic rings. The van der Waals surface area contributed by atoms with Crippen LogP contribution in [-0.4, -0.2) is 208 Å². The zero-order valence-corrected chi connectivity index (χ0v) is 63.5. The quantitative estimate of drug-likeness (QED) is 0.0193. The first-order chi connectivity index (χ1) is 48.9. The van der Waals surface area contributed by atoms with E-state index in [1.54, 1.807) is 191 Å². The lowest BCUT2D eigenvalue weighted by Crippen LogP contribution is -2.62. The number of carbonyl (C=O) groups excluding carboxylic acids is 12. The van der Waals surface area contributed by atoms with Crippen LogP contribution in [0.3, 0.4) is 0 Å². The van der Waals surface area contributed by atoms with Gasteiger partial charge in [0, 0.05) is 65.5 Å². The van der Waals surface area contributed by atoms with Crippen LogP contribution in [0.4, 0.5) is 4.79 Å². The van der Waals surface area contributed by atoms with Gasteiger partial charge in [-0.15, -0.1) is 0 Å². The Morgan fingerprint density at radius 3 is 1.56 bits per heavy atom. The van der Waals surface area contributed by atoms with E-state index in [1.807, 2.05) is 6.07 Å². The van der Waals surface area contributed by atoms with E-state index in [2.05, 4.69) is 16.0 Å². The molecule has 25 nitrogen and oxygen atoms in total. The van der Waals surface area contributed by atoms with Crippen molar-refractivity contribution in [1.82, 2.24) is 40.4 Å². The molecule has 8 amide bonds. The van der Waals surface area contributed by atoms with Gasteiger partial charge in [-0.25, -0.2) is 14.4 Å². The van der Waals surface area contributed by atoms with Crippen molar-refractivity contribution in [3.8, 4) is 0 Å². The predicted molar refractivity (Wildman–Crippen MR) is 390 cm³/mol. The number of hydrogen-bond acceptors (Lipinski definition) is 17. The molecular weight excluding hydrogens is 1330 g/mol. The van der Waals surface area contributed by atoms with Crippen molar-refractivity contribution in [2.75, 3.05) is 41.3 Å². The van der Waals surface area contributed by atoms with Crippen molar-refractivity contribution in [3.63, 3.8) is 0 Å². The van der Waals surface area contributed by atoms with Gasteiger partial charge in [-0.1, -0.05) is 177 Å². The minimum absolute atomic E-state index is 0.00504. The number of carbonyl (C=O) groups is 12. The predicted octanol–water partition coefficient (Wildman–Crippen LogP) is 7.67. The second kappa shape index (κ2) is 39.4. The van der Waals surface area contributed by atoms with Gasteiger partial charge in [0.05, 0.1) is 5.60 Å². The largest absolute Gasteiger partial charge is 0.461 e. The number of likely N-dealkylation sites (tertiary alicyclic amines) is 1. The minimum Gasteiger partial charge on any atom is -0.461 e. The van der Waals surface area contributed by atoms with Gasteiger partial charge < -0.3 is 64.5 Å². The maximum atomic E-state index is 15.3. The molecule has 0 spiro atoms. The van der Waals surface area contributed by atoms with Crippen molar-refractivity contribution in [2.45, 2.75) is 214 Å². The molecule has 0 aliphatic carbocycles. The van der Waals surface area contributed by atoms with Crippen LogP contribution in [0.25, 0.3) is 0 Å². The van der Waals surface area contributed by atoms with Crippen LogP contribution in [-0.2, 0) is 86.3 Å². The van der Waals surface area contributed by atoms with Gasteiger partial charge in [0.25, 0.3) is 5.91 Å². The summed E-state index contributed by atoms with van der Waals surface area (Å²) in [6.07, 6.45) is -2.26. The van der Waals surface area contributed by atoms with Crippen LogP contribution in [0.1, 0.15) is 156 Å². The topological polar surface area (TPSA) is 314 Å². The molecule has 0 radical (unpaired) electrons. The number of amides is 8. The van der Waals surface area contributed by atoms with Crippen LogP contribution in [0.5, 0.6) is 0 Å². The Morgan fingerprint density at radius 2 is 1.06 bits per heavy atom. The molecule has 25 heteroatoms. The van der Waals surface area contributed by atoms with Gasteiger partial charge in [-0.3, -0.25) is 43.2 Å². The number of benzene rings is 4. The Hall–Kier alpha value is -9.52. The van der Waals surface area contributed by atoms with E-state index in [0.29, 0.717) is 23.1 Å². The first-order valence-electron chi connectivity index (χ1n) is 35.8. The second-order valence-electron chi connectivity index (χ2n) is 29.6. The summed E-state index contributed by atoms with van der Waals surface area (Å²) < 4.78 is 22.6. The van der Waals surface area contributed by atoms with Gasteiger partial charge in [-0.05, 0) is 101 Å². The molecule has 4 aromatic carbocycles. The molecule has 4 aromatic rings. The number of esters is 3. The lowest BCUT2D eigenvalue weighted by Gasteiger charge is -2.39. The summed E-state index contributed by atoms with van der Waals surface area (Å²) in [5.74, 6) is -10.6. The lowest BCUT2D eigenvalue weighted by molar-refractivity contribution is -0.177. The smallest absolute Gasteiger partial charge is 0.408 e. The highest BCUT2D eigenvalue weighted by Crippen LogP contribution is 2.28. The summed E-state index contributed by atoms with van der Waals surface area (Å²) in [5, 5.41) is 20.2. The average molecular weight is 1440 g/mol. The van der Waals surface area contributed by atoms with Gasteiger partial charge in [0.2, 0.25) is 35.4 Å². The van der Waals surface area contributed by atoms with Crippen LogP contribution in [0.15, 0.2) is 121 Å². The lowest BCUT2D eigenvalue weighted by atomic mass is 9.94. The Morgan fingerprint density at radius 1 is 0.577 bits per heavy atom. The third kappa shape index (κ3) is 24.8. The van der Waals surface area contributed by atoms with Crippen LogP contribution < -0.4 is 16.0 Å². The number of Topliss-reactive ketones (excluding diaryl/α,β-unsaturated/α-hetero) is 1. The molecule has 5 rings (SSSR count). The van der Waals surface area contributed by atoms with Crippen LogP contribution >= 0.6 is 0 Å². The van der Waals surface area contributed by atoms with Crippen LogP contribution in [0.2, 0.25) is 0 Å². The number of ketones is 1. The maximum Gasteiger partial charge on any atom is 0.408 e. The summed E-state index contributed by atoms with van der Waals surface area (Å²) >= 11 is 0. The highest BCUT2D eigenvalue weighted by Gasteiger charge is 2.48. The van der Waals surface area contributed by atoms with Crippen molar-refractivity contribution in [1.29, 1.82) is 0 Å². The molecule has 568 valence electrons. The molecule has 1 heterocycles. The number of likely N-dealkylation sites (N-methyl/N-ethyl adjacent to an activating group) is 4. The average Bonchev–Trinajstić information content (AvgIpc) is 0.982.